The third-order valence-corrected chi connectivity index (χ3v) is 4.54. The molecule has 0 bridgehead atoms. The highest BCUT2D eigenvalue weighted by Crippen LogP contribution is 2.24. The van der Waals surface area contributed by atoms with E-state index in [-0.39, 0.29) is 0 Å². The number of nitrogens with one attached hydrogen (secondary N) is 2. The van der Waals surface area contributed by atoms with E-state index in [1.807, 2.05) is 19.1 Å². The normalized spacial score (nSPS) is 11.0. The first-order valence-corrected chi connectivity index (χ1v) is 8.14. The summed E-state index contributed by atoms with van der Waals surface area (Å²) in [5, 5.41) is 5.37. The number of aryl methyl sites for hydroxylation is 1. The summed E-state index contributed by atoms with van der Waals surface area (Å²) < 4.78 is 13.8. The summed E-state index contributed by atoms with van der Waals surface area (Å²) in [6.07, 6.45) is 0. The van der Waals surface area contributed by atoms with Gasteiger partial charge in [0.15, 0.2) is 0 Å². The van der Waals surface area contributed by atoms with Crippen molar-refractivity contribution in [1.29, 1.82) is 0 Å². The first kappa shape index (κ1) is 18.1. The predicted molar refractivity (Wildman–Crippen MR) is 96.3 cm³/mol. The largest absolute Gasteiger partial charge is 0.325 e. The van der Waals surface area contributed by atoms with Crippen LogP contribution in [0.4, 0.5) is 15.8 Å². The van der Waals surface area contributed by atoms with Crippen LogP contribution < -0.4 is 10.6 Å². The van der Waals surface area contributed by atoms with E-state index in [2.05, 4.69) is 26.6 Å². The lowest BCUT2D eigenvalue weighted by Gasteiger charge is -2.23. The molecule has 6 heteroatoms. The molecule has 0 aromatic heterocycles. The molecular weight excluding hydrogens is 375 g/mol. The smallest absolute Gasteiger partial charge is 0.239 e. The number of hydrogen-bond acceptors (Lipinski definition) is 2. The number of carbonyl (C=O) groups excluding carboxylic acids is 2. The molecular formula is C18H18BrFN2O2. The number of benzene rings is 2. The highest BCUT2D eigenvalue weighted by atomic mass is 79.9. The van der Waals surface area contributed by atoms with Gasteiger partial charge in [-0.2, -0.15) is 0 Å². The van der Waals surface area contributed by atoms with E-state index in [0.717, 1.165) is 10.0 Å². The zero-order chi connectivity index (χ0) is 17.9. The van der Waals surface area contributed by atoms with Crippen LogP contribution in [0.15, 0.2) is 46.9 Å². The van der Waals surface area contributed by atoms with E-state index < -0.39 is 23.0 Å². The van der Waals surface area contributed by atoms with E-state index in [4.69, 9.17) is 0 Å². The molecule has 0 saturated heterocycles. The Morgan fingerprint density at radius 3 is 2.00 bits per heavy atom. The van der Waals surface area contributed by atoms with Gasteiger partial charge in [-0.1, -0.05) is 15.9 Å². The average molecular weight is 393 g/mol. The lowest BCUT2D eigenvalue weighted by molar-refractivity contribution is -0.135. The molecule has 0 spiro atoms. The topological polar surface area (TPSA) is 58.2 Å². The van der Waals surface area contributed by atoms with Crippen molar-refractivity contribution >= 4 is 39.1 Å². The Bertz CT molecular complexity index is 773. The quantitative estimate of drug-likeness (QED) is 0.752. The molecule has 0 atom stereocenters. The summed E-state index contributed by atoms with van der Waals surface area (Å²) in [6, 6.07) is 10.8. The maximum Gasteiger partial charge on any atom is 0.239 e. The van der Waals surface area contributed by atoms with Gasteiger partial charge < -0.3 is 10.6 Å². The number of carbonyl (C=O) groups is 2. The summed E-state index contributed by atoms with van der Waals surface area (Å²) in [6.45, 7) is 4.98. The summed E-state index contributed by atoms with van der Waals surface area (Å²) >= 11 is 3.40. The summed E-state index contributed by atoms with van der Waals surface area (Å²) in [7, 11) is 0. The van der Waals surface area contributed by atoms with E-state index in [9.17, 15) is 14.0 Å². The van der Waals surface area contributed by atoms with Gasteiger partial charge in [0, 0.05) is 15.8 Å². The van der Waals surface area contributed by atoms with Crippen molar-refractivity contribution in [1.82, 2.24) is 0 Å². The minimum atomic E-state index is -1.30. The minimum Gasteiger partial charge on any atom is -0.325 e. The van der Waals surface area contributed by atoms with Gasteiger partial charge in [0.05, 0.1) is 0 Å². The molecule has 0 fully saturated rings. The summed E-state index contributed by atoms with van der Waals surface area (Å²) in [5.41, 5.74) is 0.724. The molecule has 0 aliphatic heterocycles. The minimum absolute atomic E-state index is 0.393. The van der Waals surface area contributed by atoms with Crippen molar-refractivity contribution in [2.75, 3.05) is 10.6 Å². The fourth-order valence-corrected chi connectivity index (χ4v) is 2.18. The summed E-state index contributed by atoms with van der Waals surface area (Å²) in [5.74, 6) is -1.29. The van der Waals surface area contributed by atoms with Crippen LogP contribution in [0.5, 0.6) is 0 Å². The molecule has 24 heavy (non-hydrogen) atoms. The van der Waals surface area contributed by atoms with Gasteiger partial charge >= 0.3 is 0 Å². The monoisotopic (exact) mass is 392 g/mol. The first-order chi connectivity index (χ1) is 11.2. The zero-order valence-electron chi connectivity index (χ0n) is 13.6. The van der Waals surface area contributed by atoms with Gasteiger partial charge in [-0.25, -0.2) is 4.39 Å². The first-order valence-electron chi connectivity index (χ1n) is 7.35. The molecule has 0 unspecified atom stereocenters. The van der Waals surface area contributed by atoms with Crippen molar-refractivity contribution in [3.8, 4) is 0 Å². The van der Waals surface area contributed by atoms with Crippen LogP contribution in [0.25, 0.3) is 0 Å². The molecule has 126 valence electrons. The molecule has 4 nitrogen and oxygen atoms in total. The Hall–Kier alpha value is -2.21. The van der Waals surface area contributed by atoms with Crippen LogP contribution in [-0.2, 0) is 9.59 Å². The molecule has 0 aliphatic rings. The fraction of sp³-hybridized carbons (Fsp3) is 0.222. The van der Waals surface area contributed by atoms with Crippen molar-refractivity contribution in [2.24, 2.45) is 5.41 Å². The van der Waals surface area contributed by atoms with Gasteiger partial charge in [-0.05, 0) is 68.8 Å². The second kappa shape index (κ2) is 7.13. The SMILES string of the molecule is Cc1cc(NC(=O)C(C)(C)C(=O)Nc2ccc(F)cc2)ccc1Br. The maximum absolute atomic E-state index is 12.9. The number of halogens is 2. The maximum atomic E-state index is 12.9. The lowest BCUT2D eigenvalue weighted by Crippen LogP contribution is -2.41. The fourth-order valence-electron chi connectivity index (χ4n) is 1.93. The Morgan fingerprint density at radius 2 is 1.46 bits per heavy atom. The second-order valence-corrected chi connectivity index (χ2v) is 6.86. The van der Waals surface area contributed by atoms with Gasteiger partial charge in [0.1, 0.15) is 11.2 Å². The third-order valence-electron chi connectivity index (χ3n) is 3.65. The van der Waals surface area contributed by atoms with Crippen molar-refractivity contribution < 1.29 is 14.0 Å². The van der Waals surface area contributed by atoms with E-state index >= 15 is 0 Å². The Balaban J connectivity index is 2.09. The standard InChI is InChI=1S/C18H18BrFN2O2/c1-11-10-14(8-9-15(11)19)22-17(24)18(2,3)16(23)21-13-6-4-12(20)5-7-13/h4-10H,1-3H3,(H,21,23)(H,22,24). The average Bonchev–Trinajstić information content (AvgIpc) is 2.53. The molecule has 2 aromatic carbocycles. The Labute approximate surface area is 148 Å². The molecule has 2 aromatic rings. The summed E-state index contributed by atoms with van der Waals surface area (Å²) in [4.78, 5) is 24.9. The molecule has 2 amide bonds. The Kier molecular flexibility index (Phi) is 5.39. The molecule has 0 heterocycles. The highest BCUT2D eigenvalue weighted by Gasteiger charge is 2.36. The third kappa shape index (κ3) is 4.20. The number of amides is 2. The lowest BCUT2D eigenvalue weighted by atomic mass is 9.90. The van der Waals surface area contributed by atoms with Crippen molar-refractivity contribution in [3.05, 3.63) is 58.3 Å². The molecule has 0 radical (unpaired) electrons. The molecule has 0 saturated carbocycles. The van der Waals surface area contributed by atoms with Crippen LogP contribution in [0, 0.1) is 18.2 Å². The Morgan fingerprint density at radius 1 is 0.958 bits per heavy atom. The van der Waals surface area contributed by atoms with Gasteiger partial charge in [-0.3, -0.25) is 9.59 Å². The van der Waals surface area contributed by atoms with Gasteiger partial charge in [-0.15, -0.1) is 0 Å². The van der Waals surface area contributed by atoms with Crippen LogP contribution >= 0.6 is 15.9 Å². The second-order valence-electron chi connectivity index (χ2n) is 6.00. The number of hydrogen-bond donors (Lipinski definition) is 2. The van der Waals surface area contributed by atoms with Gasteiger partial charge in [0.2, 0.25) is 11.8 Å². The van der Waals surface area contributed by atoms with E-state index in [0.29, 0.717) is 11.4 Å². The van der Waals surface area contributed by atoms with E-state index in [1.54, 1.807) is 6.07 Å². The van der Waals surface area contributed by atoms with E-state index in [1.165, 1.54) is 38.1 Å². The molecule has 2 rings (SSSR count). The van der Waals surface area contributed by atoms with Crippen LogP contribution in [0.3, 0.4) is 0 Å². The molecule has 2 N–H and O–H groups in total. The number of anilines is 2. The van der Waals surface area contributed by atoms with Crippen molar-refractivity contribution in [2.45, 2.75) is 20.8 Å². The van der Waals surface area contributed by atoms with Crippen molar-refractivity contribution in [3.63, 3.8) is 0 Å². The number of rotatable bonds is 4. The predicted octanol–water partition coefficient (Wildman–Crippen LogP) is 4.50. The highest BCUT2D eigenvalue weighted by molar-refractivity contribution is 9.10. The van der Waals surface area contributed by atoms with Crippen LogP contribution in [-0.4, -0.2) is 11.8 Å². The van der Waals surface area contributed by atoms with Crippen LogP contribution in [0.2, 0.25) is 0 Å². The zero-order valence-corrected chi connectivity index (χ0v) is 15.2. The van der Waals surface area contributed by atoms with Gasteiger partial charge in [0.25, 0.3) is 0 Å². The van der Waals surface area contributed by atoms with Crippen LogP contribution in [0.1, 0.15) is 19.4 Å². The molecule has 0 aliphatic carbocycles.